The number of methoxy groups -OCH3 is 2. The monoisotopic (exact) mass is 416 g/mol. The predicted octanol–water partition coefficient (Wildman–Crippen LogP) is 3.78. The van der Waals surface area contributed by atoms with E-state index in [1.807, 2.05) is 42.1 Å². The topological polar surface area (TPSA) is 60.9 Å². The fraction of sp³-hybridized carbons (Fsp3) is 0.455. The van der Waals surface area contributed by atoms with E-state index in [0.29, 0.717) is 24.7 Å². The molecule has 0 amide bonds. The van der Waals surface area contributed by atoms with Gasteiger partial charge in [0.15, 0.2) is 0 Å². The second-order valence-corrected chi connectivity index (χ2v) is 8.03. The third-order valence-corrected chi connectivity index (χ3v) is 5.80. The Balaban J connectivity index is 1.54. The van der Waals surface area contributed by atoms with Crippen LogP contribution in [0.5, 0.6) is 5.88 Å². The molecule has 0 atom stereocenters. The normalized spacial score (nSPS) is 14.1. The van der Waals surface area contributed by atoms with Gasteiger partial charge in [0.1, 0.15) is 0 Å². The second kappa shape index (κ2) is 11.2. The largest absolute Gasteiger partial charge is 0.481 e. The van der Waals surface area contributed by atoms with Crippen LogP contribution >= 0.6 is 11.8 Å². The van der Waals surface area contributed by atoms with Crippen molar-refractivity contribution in [3.05, 3.63) is 53.2 Å². The van der Waals surface area contributed by atoms with Gasteiger partial charge in [0.25, 0.3) is 0 Å². The van der Waals surface area contributed by atoms with Crippen LogP contribution in [-0.2, 0) is 22.6 Å². The standard InChI is InChI=1S/C22H28N2O4S/c1-26-12-3-4-13-28-22(25)18-7-5-17(6-8-18)15-24-11-14-29-20-9-10-21(27-2)23-19(20)16-24/h5-10H,3-4,11-16H2,1-2H3. The molecule has 0 saturated carbocycles. The van der Waals surface area contributed by atoms with Crippen molar-refractivity contribution < 1.29 is 19.0 Å². The number of thioether (sulfide) groups is 1. The molecule has 0 N–H and O–H groups in total. The molecule has 0 unspecified atom stereocenters. The maximum atomic E-state index is 12.1. The molecular weight excluding hydrogens is 388 g/mol. The summed E-state index contributed by atoms with van der Waals surface area (Å²) in [5.41, 5.74) is 2.81. The Hall–Kier alpha value is -2.09. The van der Waals surface area contributed by atoms with Crippen LogP contribution in [0, 0.1) is 0 Å². The molecule has 0 radical (unpaired) electrons. The maximum Gasteiger partial charge on any atom is 0.338 e. The molecule has 6 nitrogen and oxygen atoms in total. The molecular formula is C22H28N2O4S. The minimum atomic E-state index is -0.273. The van der Waals surface area contributed by atoms with Gasteiger partial charge in [0.05, 0.1) is 25.0 Å². The third kappa shape index (κ3) is 6.45. The number of hydrogen-bond donors (Lipinski definition) is 0. The zero-order valence-corrected chi connectivity index (χ0v) is 17.9. The zero-order valence-electron chi connectivity index (χ0n) is 17.1. The maximum absolute atomic E-state index is 12.1. The first kappa shape index (κ1) is 21.6. The number of aromatic nitrogens is 1. The van der Waals surface area contributed by atoms with Crippen molar-refractivity contribution in [2.24, 2.45) is 0 Å². The number of unbranched alkanes of at least 4 members (excludes halogenated alkanes) is 1. The van der Waals surface area contributed by atoms with E-state index in [4.69, 9.17) is 14.2 Å². The first-order valence-electron chi connectivity index (χ1n) is 9.83. The lowest BCUT2D eigenvalue weighted by molar-refractivity contribution is 0.0489. The van der Waals surface area contributed by atoms with Crippen LogP contribution in [0.15, 0.2) is 41.3 Å². The van der Waals surface area contributed by atoms with Crippen LogP contribution in [0.25, 0.3) is 0 Å². The number of benzene rings is 1. The highest BCUT2D eigenvalue weighted by atomic mass is 32.2. The van der Waals surface area contributed by atoms with Crippen molar-refractivity contribution in [3.8, 4) is 5.88 Å². The van der Waals surface area contributed by atoms with E-state index in [9.17, 15) is 4.79 Å². The lowest BCUT2D eigenvalue weighted by atomic mass is 10.1. The van der Waals surface area contributed by atoms with E-state index in [1.165, 1.54) is 4.90 Å². The van der Waals surface area contributed by atoms with Gasteiger partial charge in [-0.05, 0) is 36.6 Å². The number of fused-ring (bicyclic) bond motifs is 1. The molecule has 0 aliphatic carbocycles. The summed E-state index contributed by atoms with van der Waals surface area (Å²) in [6.45, 7) is 3.68. The summed E-state index contributed by atoms with van der Waals surface area (Å²) in [5.74, 6) is 1.40. The number of rotatable bonds is 9. The molecule has 7 heteroatoms. The molecule has 0 fully saturated rings. The number of pyridine rings is 1. The quantitative estimate of drug-likeness (QED) is 0.455. The van der Waals surface area contributed by atoms with Crippen molar-refractivity contribution in [1.29, 1.82) is 0 Å². The second-order valence-electron chi connectivity index (χ2n) is 6.89. The van der Waals surface area contributed by atoms with Gasteiger partial charge in [-0.15, -0.1) is 11.8 Å². The van der Waals surface area contributed by atoms with Gasteiger partial charge in [-0.3, -0.25) is 4.90 Å². The van der Waals surface area contributed by atoms with Crippen LogP contribution < -0.4 is 4.74 Å². The molecule has 2 heterocycles. The Morgan fingerprint density at radius 1 is 1.10 bits per heavy atom. The van der Waals surface area contributed by atoms with Gasteiger partial charge in [-0.2, -0.15) is 0 Å². The average Bonchev–Trinajstić information content (AvgIpc) is 2.95. The molecule has 29 heavy (non-hydrogen) atoms. The van der Waals surface area contributed by atoms with Crippen LogP contribution in [0.3, 0.4) is 0 Å². The number of nitrogens with zero attached hydrogens (tertiary/aromatic N) is 2. The Kier molecular flexibility index (Phi) is 8.34. The van der Waals surface area contributed by atoms with E-state index in [1.54, 1.807) is 14.2 Å². The number of carbonyl (C=O) groups excluding carboxylic acids is 1. The van der Waals surface area contributed by atoms with Crippen molar-refractivity contribution in [3.63, 3.8) is 0 Å². The number of ether oxygens (including phenoxy) is 3. The Bertz CT molecular complexity index is 798. The molecule has 1 aliphatic heterocycles. The summed E-state index contributed by atoms with van der Waals surface area (Å²) in [7, 11) is 3.31. The van der Waals surface area contributed by atoms with Crippen LogP contribution in [-0.4, -0.2) is 55.6 Å². The van der Waals surface area contributed by atoms with Gasteiger partial charge < -0.3 is 14.2 Å². The highest BCUT2D eigenvalue weighted by molar-refractivity contribution is 7.99. The summed E-state index contributed by atoms with van der Waals surface area (Å²) >= 11 is 1.83. The predicted molar refractivity (Wildman–Crippen MR) is 113 cm³/mol. The van der Waals surface area contributed by atoms with Crippen molar-refractivity contribution in [2.45, 2.75) is 30.8 Å². The number of hydrogen-bond acceptors (Lipinski definition) is 7. The summed E-state index contributed by atoms with van der Waals surface area (Å²) in [5, 5.41) is 0. The minimum absolute atomic E-state index is 0.273. The fourth-order valence-electron chi connectivity index (χ4n) is 3.14. The summed E-state index contributed by atoms with van der Waals surface area (Å²) in [6.07, 6.45) is 1.70. The number of esters is 1. The van der Waals surface area contributed by atoms with E-state index < -0.39 is 0 Å². The van der Waals surface area contributed by atoms with Crippen LogP contribution in [0.4, 0.5) is 0 Å². The van der Waals surface area contributed by atoms with Gasteiger partial charge in [-0.1, -0.05) is 12.1 Å². The summed E-state index contributed by atoms with van der Waals surface area (Å²) in [4.78, 5) is 20.3. The summed E-state index contributed by atoms with van der Waals surface area (Å²) < 4.78 is 15.6. The Morgan fingerprint density at radius 3 is 2.66 bits per heavy atom. The first-order chi connectivity index (χ1) is 14.2. The van der Waals surface area contributed by atoms with Crippen molar-refractivity contribution in [1.82, 2.24) is 9.88 Å². The first-order valence-corrected chi connectivity index (χ1v) is 10.8. The lowest BCUT2D eigenvalue weighted by Crippen LogP contribution is -2.24. The van der Waals surface area contributed by atoms with E-state index in [2.05, 4.69) is 16.0 Å². The minimum Gasteiger partial charge on any atom is -0.481 e. The van der Waals surface area contributed by atoms with E-state index in [-0.39, 0.29) is 5.97 Å². The van der Waals surface area contributed by atoms with Gasteiger partial charge >= 0.3 is 5.97 Å². The number of carbonyl (C=O) groups is 1. The van der Waals surface area contributed by atoms with Gasteiger partial charge in [-0.25, -0.2) is 9.78 Å². The zero-order chi connectivity index (χ0) is 20.5. The lowest BCUT2D eigenvalue weighted by Gasteiger charge is -2.20. The molecule has 0 spiro atoms. The molecule has 0 bridgehead atoms. The fourth-order valence-corrected chi connectivity index (χ4v) is 4.15. The highest BCUT2D eigenvalue weighted by Gasteiger charge is 2.17. The van der Waals surface area contributed by atoms with Crippen LogP contribution in [0.1, 0.15) is 34.5 Å². The van der Waals surface area contributed by atoms with Gasteiger partial charge in [0, 0.05) is 50.1 Å². The molecule has 0 saturated heterocycles. The highest BCUT2D eigenvalue weighted by Crippen LogP contribution is 2.28. The SMILES string of the molecule is COCCCCOC(=O)c1ccc(CN2CCSc3ccc(OC)nc3C2)cc1. The molecule has 3 rings (SSSR count). The third-order valence-electron chi connectivity index (χ3n) is 4.73. The summed E-state index contributed by atoms with van der Waals surface area (Å²) in [6, 6.07) is 11.7. The van der Waals surface area contributed by atoms with Gasteiger partial charge in [0.2, 0.25) is 5.88 Å². The molecule has 1 aromatic heterocycles. The van der Waals surface area contributed by atoms with E-state index in [0.717, 1.165) is 49.5 Å². The smallest absolute Gasteiger partial charge is 0.338 e. The van der Waals surface area contributed by atoms with Crippen molar-refractivity contribution >= 4 is 17.7 Å². The Morgan fingerprint density at radius 2 is 1.90 bits per heavy atom. The molecule has 156 valence electrons. The molecule has 1 aliphatic rings. The molecule has 1 aromatic carbocycles. The van der Waals surface area contributed by atoms with Crippen LogP contribution in [0.2, 0.25) is 0 Å². The molecule has 2 aromatic rings. The van der Waals surface area contributed by atoms with Crippen molar-refractivity contribution in [2.75, 3.05) is 39.7 Å². The average molecular weight is 417 g/mol. The van der Waals surface area contributed by atoms with E-state index >= 15 is 0 Å². The Labute approximate surface area is 176 Å².